The zero-order valence-corrected chi connectivity index (χ0v) is 12.5. The van der Waals surface area contributed by atoms with Gasteiger partial charge in [-0.15, -0.1) is 0 Å². The minimum atomic E-state index is 0.101. The van der Waals surface area contributed by atoms with E-state index in [-0.39, 0.29) is 5.60 Å². The molecule has 5 heteroatoms. The molecule has 2 aliphatic heterocycles. The summed E-state index contributed by atoms with van der Waals surface area (Å²) in [5, 5.41) is 0. The lowest BCUT2D eigenvalue weighted by molar-refractivity contribution is 0.0105. The highest BCUT2D eigenvalue weighted by Crippen LogP contribution is 2.39. The van der Waals surface area contributed by atoms with Gasteiger partial charge in [0.15, 0.2) is 0 Å². The van der Waals surface area contributed by atoms with E-state index in [4.69, 9.17) is 9.47 Å². The van der Waals surface area contributed by atoms with Crippen molar-refractivity contribution in [3.05, 3.63) is 18.2 Å². The Morgan fingerprint density at radius 3 is 3.20 bits per heavy atom. The van der Waals surface area contributed by atoms with Crippen LogP contribution in [-0.4, -0.2) is 53.5 Å². The molecule has 112 valence electrons. The first-order valence-corrected chi connectivity index (χ1v) is 7.52. The van der Waals surface area contributed by atoms with Crippen molar-refractivity contribution in [2.75, 3.05) is 33.4 Å². The van der Waals surface area contributed by atoms with Gasteiger partial charge < -0.3 is 14.0 Å². The summed E-state index contributed by atoms with van der Waals surface area (Å²) in [6, 6.07) is 0. The average molecular weight is 279 g/mol. The predicted molar refractivity (Wildman–Crippen MR) is 76.4 cm³/mol. The molecule has 1 aromatic rings. The molecule has 20 heavy (non-hydrogen) atoms. The molecule has 1 aromatic heterocycles. The molecule has 2 atom stereocenters. The number of hydrogen-bond donors (Lipinski definition) is 0. The molecule has 0 aromatic carbocycles. The summed E-state index contributed by atoms with van der Waals surface area (Å²) in [6.07, 6.45) is 7.34. The summed E-state index contributed by atoms with van der Waals surface area (Å²) in [4.78, 5) is 6.89. The number of hydrogen-bond acceptors (Lipinski definition) is 4. The van der Waals surface area contributed by atoms with E-state index in [1.807, 2.05) is 12.4 Å². The molecule has 2 fully saturated rings. The molecule has 2 aliphatic rings. The van der Waals surface area contributed by atoms with Crippen LogP contribution in [-0.2, 0) is 23.1 Å². The molecule has 0 bridgehead atoms. The van der Waals surface area contributed by atoms with Crippen LogP contribution in [0.2, 0.25) is 0 Å². The molecule has 0 radical (unpaired) electrons. The molecule has 2 unspecified atom stereocenters. The van der Waals surface area contributed by atoms with Crippen LogP contribution in [0.15, 0.2) is 12.4 Å². The molecule has 3 rings (SSSR count). The second kappa shape index (κ2) is 5.84. The van der Waals surface area contributed by atoms with Crippen molar-refractivity contribution in [3.8, 4) is 0 Å². The second-order valence-corrected chi connectivity index (χ2v) is 6.26. The second-order valence-electron chi connectivity index (χ2n) is 6.26. The van der Waals surface area contributed by atoms with Gasteiger partial charge in [-0.1, -0.05) is 0 Å². The van der Waals surface area contributed by atoms with Crippen LogP contribution in [0.5, 0.6) is 0 Å². The van der Waals surface area contributed by atoms with Gasteiger partial charge in [-0.25, -0.2) is 4.98 Å². The molecule has 0 N–H and O–H groups in total. The third kappa shape index (κ3) is 2.90. The van der Waals surface area contributed by atoms with E-state index in [2.05, 4.69) is 21.5 Å². The van der Waals surface area contributed by atoms with Gasteiger partial charge in [0.05, 0.1) is 18.8 Å². The highest BCUT2D eigenvalue weighted by atomic mass is 16.5. The van der Waals surface area contributed by atoms with Crippen molar-refractivity contribution in [2.24, 2.45) is 13.0 Å². The third-order valence-electron chi connectivity index (χ3n) is 4.70. The molecule has 0 amide bonds. The van der Waals surface area contributed by atoms with E-state index in [1.165, 1.54) is 6.42 Å². The van der Waals surface area contributed by atoms with Crippen LogP contribution >= 0.6 is 0 Å². The van der Waals surface area contributed by atoms with Crippen molar-refractivity contribution in [1.82, 2.24) is 14.5 Å². The van der Waals surface area contributed by atoms with Crippen molar-refractivity contribution in [3.63, 3.8) is 0 Å². The topological polar surface area (TPSA) is 39.5 Å². The van der Waals surface area contributed by atoms with Crippen molar-refractivity contribution >= 4 is 0 Å². The van der Waals surface area contributed by atoms with Gasteiger partial charge in [-0.2, -0.15) is 0 Å². The van der Waals surface area contributed by atoms with Gasteiger partial charge in [0.2, 0.25) is 0 Å². The van der Waals surface area contributed by atoms with Gasteiger partial charge >= 0.3 is 0 Å². The summed E-state index contributed by atoms with van der Waals surface area (Å²) in [5.41, 5.74) is 0.101. The molecule has 0 saturated carbocycles. The first-order valence-electron chi connectivity index (χ1n) is 7.52. The largest absolute Gasteiger partial charge is 0.385 e. The van der Waals surface area contributed by atoms with Crippen molar-refractivity contribution < 1.29 is 9.47 Å². The number of methoxy groups -OCH3 is 1. The van der Waals surface area contributed by atoms with Crippen LogP contribution in [0, 0.1) is 5.92 Å². The predicted octanol–water partition coefficient (Wildman–Crippen LogP) is 1.44. The van der Waals surface area contributed by atoms with E-state index in [0.29, 0.717) is 5.92 Å². The Hall–Kier alpha value is -0.910. The first-order chi connectivity index (χ1) is 9.71. The third-order valence-corrected chi connectivity index (χ3v) is 4.70. The van der Waals surface area contributed by atoms with Crippen molar-refractivity contribution in [1.29, 1.82) is 0 Å². The van der Waals surface area contributed by atoms with Crippen LogP contribution in [0.3, 0.4) is 0 Å². The number of aryl methyl sites for hydroxylation is 1. The summed E-state index contributed by atoms with van der Waals surface area (Å²) in [5.74, 6) is 1.80. The Morgan fingerprint density at radius 1 is 1.55 bits per heavy atom. The molecule has 0 aliphatic carbocycles. The minimum absolute atomic E-state index is 0.101. The number of nitrogens with zero attached hydrogens (tertiary/aromatic N) is 3. The molecular weight excluding hydrogens is 254 g/mol. The summed E-state index contributed by atoms with van der Waals surface area (Å²) < 4.78 is 13.4. The van der Waals surface area contributed by atoms with Gasteiger partial charge in [0.25, 0.3) is 0 Å². The minimum Gasteiger partial charge on any atom is -0.385 e. The molecule has 2 saturated heterocycles. The van der Waals surface area contributed by atoms with Gasteiger partial charge in [0.1, 0.15) is 5.82 Å². The lowest BCUT2D eigenvalue weighted by atomic mass is 9.92. The number of aromatic nitrogens is 2. The van der Waals surface area contributed by atoms with Gasteiger partial charge in [0, 0.05) is 46.2 Å². The number of ether oxygens (including phenoxy) is 2. The Labute approximate surface area is 120 Å². The summed E-state index contributed by atoms with van der Waals surface area (Å²) in [6.45, 7) is 4.84. The fraction of sp³-hybridized carbons (Fsp3) is 0.800. The Morgan fingerprint density at radius 2 is 2.45 bits per heavy atom. The van der Waals surface area contributed by atoms with E-state index >= 15 is 0 Å². The lowest BCUT2D eigenvalue weighted by Gasteiger charge is -2.23. The van der Waals surface area contributed by atoms with Crippen molar-refractivity contribution in [2.45, 2.75) is 31.4 Å². The molecule has 1 spiro atoms. The fourth-order valence-corrected chi connectivity index (χ4v) is 3.50. The number of imidazole rings is 1. The first kappa shape index (κ1) is 14.0. The normalized spacial score (nSPS) is 30.6. The maximum absolute atomic E-state index is 6.17. The van der Waals surface area contributed by atoms with Crippen LogP contribution in [0.25, 0.3) is 0 Å². The fourth-order valence-electron chi connectivity index (χ4n) is 3.50. The number of likely N-dealkylation sites (tertiary alicyclic amines) is 1. The van der Waals surface area contributed by atoms with Crippen LogP contribution in [0.4, 0.5) is 0 Å². The smallest absolute Gasteiger partial charge is 0.122 e. The quantitative estimate of drug-likeness (QED) is 0.817. The Bertz CT molecular complexity index is 448. The average Bonchev–Trinajstić information content (AvgIpc) is 3.13. The monoisotopic (exact) mass is 279 g/mol. The van der Waals surface area contributed by atoms with E-state index in [0.717, 1.165) is 51.5 Å². The summed E-state index contributed by atoms with van der Waals surface area (Å²) >= 11 is 0. The van der Waals surface area contributed by atoms with Gasteiger partial charge in [-0.3, -0.25) is 4.90 Å². The highest BCUT2D eigenvalue weighted by Gasteiger charge is 2.45. The Kier molecular flexibility index (Phi) is 4.10. The lowest BCUT2D eigenvalue weighted by Crippen LogP contribution is -2.32. The zero-order valence-electron chi connectivity index (χ0n) is 12.5. The van der Waals surface area contributed by atoms with E-state index in [1.54, 1.807) is 7.11 Å². The molecule has 3 heterocycles. The molecule has 5 nitrogen and oxygen atoms in total. The number of rotatable bonds is 5. The molecular formula is C15H25N3O2. The Balaban J connectivity index is 1.53. The maximum atomic E-state index is 6.17. The SMILES string of the molecule is COCCC1COC2(CCN(Cc3nccn3C)C2)C1. The standard InChI is InChI=1S/C15H25N3O2/c1-17-7-5-16-14(17)10-18-6-4-15(12-18)9-13(11-20-15)3-8-19-2/h5,7,13H,3-4,6,8-12H2,1-2H3. The van der Waals surface area contributed by atoms with E-state index < -0.39 is 0 Å². The van der Waals surface area contributed by atoms with Crippen LogP contribution in [0.1, 0.15) is 25.1 Å². The van der Waals surface area contributed by atoms with E-state index in [9.17, 15) is 0 Å². The summed E-state index contributed by atoms with van der Waals surface area (Å²) in [7, 11) is 3.83. The highest BCUT2D eigenvalue weighted by molar-refractivity contribution is 4.99. The van der Waals surface area contributed by atoms with Gasteiger partial charge in [-0.05, 0) is 25.2 Å². The van der Waals surface area contributed by atoms with Crippen LogP contribution < -0.4 is 0 Å². The zero-order chi connectivity index (χ0) is 14.0. The maximum Gasteiger partial charge on any atom is 0.122 e.